The first-order valence-electron chi connectivity index (χ1n) is 10.4. The molecule has 0 aliphatic rings. The van der Waals surface area contributed by atoms with Gasteiger partial charge >= 0.3 is 0 Å². The minimum absolute atomic E-state index is 0.0849. The van der Waals surface area contributed by atoms with E-state index in [1.165, 1.54) is 0 Å². The molecule has 0 spiro atoms. The van der Waals surface area contributed by atoms with Crippen LogP contribution in [0.1, 0.15) is 11.3 Å². The average molecular weight is 419 g/mol. The lowest BCUT2D eigenvalue weighted by Crippen LogP contribution is -2.17. The summed E-state index contributed by atoms with van der Waals surface area (Å²) in [5, 5.41) is 16.5. The van der Waals surface area contributed by atoms with Crippen molar-refractivity contribution in [3.05, 3.63) is 102 Å². The Bertz CT molecular complexity index is 1380. The van der Waals surface area contributed by atoms with Gasteiger partial charge in [0, 0.05) is 16.8 Å². The molecule has 1 N–H and O–H groups in total. The molecule has 6 heteroatoms. The van der Waals surface area contributed by atoms with Crippen LogP contribution in [-0.2, 0) is 11.2 Å². The zero-order chi connectivity index (χ0) is 21.9. The van der Waals surface area contributed by atoms with Crippen LogP contribution in [0.4, 0.5) is 5.69 Å². The molecule has 5 rings (SSSR count). The lowest BCUT2D eigenvalue weighted by atomic mass is 10.1. The molecule has 5 aromatic rings. The van der Waals surface area contributed by atoms with Gasteiger partial charge < -0.3 is 5.32 Å². The number of carbonyl (C=O) groups is 1. The summed E-state index contributed by atoms with van der Waals surface area (Å²) in [6.07, 6.45) is 1.88. The van der Waals surface area contributed by atoms with Gasteiger partial charge in [0.1, 0.15) is 0 Å². The van der Waals surface area contributed by atoms with Crippen molar-refractivity contribution in [1.82, 2.24) is 19.8 Å². The van der Waals surface area contributed by atoms with Gasteiger partial charge in [-0.1, -0.05) is 78.4 Å². The van der Waals surface area contributed by atoms with Crippen molar-refractivity contribution in [2.75, 3.05) is 5.32 Å². The molecule has 0 fully saturated rings. The van der Waals surface area contributed by atoms with E-state index in [1.807, 2.05) is 91.9 Å². The molecule has 0 saturated carbocycles. The predicted molar refractivity (Wildman–Crippen MR) is 125 cm³/mol. The van der Waals surface area contributed by atoms with Crippen molar-refractivity contribution >= 4 is 17.2 Å². The Morgan fingerprint density at radius 1 is 0.844 bits per heavy atom. The number of fused-ring (bicyclic) bond motifs is 1. The first kappa shape index (κ1) is 19.6. The Labute approximate surface area is 185 Å². The Balaban J connectivity index is 1.56. The van der Waals surface area contributed by atoms with Crippen molar-refractivity contribution < 1.29 is 4.79 Å². The van der Waals surface area contributed by atoms with E-state index >= 15 is 0 Å². The number of benzene rings is 3. The number of aromatic nitrogens is 4. The van der Waals surface area contributed by atoms with E-state index < -0.39 is 0 Å². The Morgan fingerprint density at radius 2 is 1.50 bits per heavy atom. The summed E-state index contributed by atoms with van der Waals surface area (Å²) < 4.78 is 1.78. The van der Waals surface area contributed by atoms with Gasteiger partial charge in [0.15, 0.2) is 5.65 Å². The second-order valence-electron chi connectivity index (χ2n) is 7.61. The Morgan fingerprint density at radius 3 is 2.19 bits per heavy atom. The van der Waals surface area contributed by atoms with Crippen LogP contribution in [0.5, 0.6) is 0 Å². The molecule has 2 heterocycles. The number of nitrogens with one attached hydrogen (secondary N) is 1. The van der Waals surface area contributed by atoms with Gasteiger partial charge in [-0.15, -0.1) is 5.10 Å². The predicted octanol–water partition coefficient (Wildman–Crippen LogP) is 4.95. The number of anilines is 1. The van der Waals surface area contributed by atoms with Gasteiger partial charge in [0.05, 0.1) is 24.0 Å². The molecule has 2 aromatic heterocycles. The maximum atomic E-state index is 12.8. The van der Waals surface area contributed by atoms with Crippen molar-refractivity contribution in [3.63, 3.8) is 0 Å². The molecule has 3 aromatic carbocycles. The van der Waals surface area contributed by atoms with Crippen molar-refractivity contribution in [2.24, 2.45) is 0 Å². The highest BCUT2D eigenvalue weighted by atomic mass is 16.1. The van der Waals surface area contributed by atoms with E-state index in [0.29, 0.717) is 11.3 Å². The van der Waals surface area contributed by atoms with E-state index in [4.69, 9.17) is 0 Å². The number of hydrogen-bond donors (Lipinski definition) is 1. The van der Waals surface area contributed by atoms with Crippen LogP contribution >= 0.6 is 0 Å². The van der Waals surface area contributed by atoms with Crippen LogP contribution in [0, 0.1) is 6.92 Å². The zero-order valence-electron chi connectivity index (χ0n) is 17.6. The Kier molecular flexibility index (Phi) is 5.17. The fourth-order valence-electron chi connectivity index (χ4n) is 3.70. The minimum atomic E-state index is -0.157. The number of carbonyl (C=O) groups excluding carboxylic acids is 1. The molecule has 0 aliphatic heterocycles. The summed E-state index contributed by atoms with van der Waals surface area (Å²) in [4.78, 5) is 12.8. The molecule has 0 bridgehead atoms. The highest BCUT2D eigenvalue weighted by molar-refractivity contribution is 5.93. The quantitative estimate of drug-likeness (QED) is 0.438. The van der Waals surface area contributed by atoms with E-state index in [9.17, 15) is 4.79 Å². The average Bonchev–Trinajstić information content (AvgIpc) is 3.26. The molecule has 156 valence electrons. The molecule has 0 aliphatic carbocycles. The molecule has 0 atom stereocenters. The monoisotopic (exact) mass is 419 g/mol. The van der Waals surface area contributed by atoms with Crippen LogP contribution in [0.2, 0.25) is 0 Å². The molecule has 0 saturated heterocycles. The van der Waals surface area contributed by atoms with Gasteiger partial charge in [0.25, 0.3) is 0 Å². The lowest BCUT2D eigenvalue weighted by molar-refractivity contribution is -0.115. The second kappa shape index (κ2) is 8.43. The molecule has 1 amide bonds. The van der Waals surface area contributed by atoms with Crippen LogP contribution in [0.15, 0.2) is 91.1 Å². The molecule has 0 unspecified atom stereocenters. The maximum absolute atomic E-state index is 12.8. The third-order valence-corrected chi connectivity index (χ3v) is 5.29. The fourth-order valence-corrected chi connectivity index (χ4v) is 3.70. The Hall–Kier alpha value is -4.32. The zero-order valence-corrected chi connectivity index (χ0v) is 17.6. The smallest absolute Gasteiger partial charge is 0.230 e. The van der Waals surface area contributed by atoms with Crippen LogP contribution in [-0.4, -0.2) is 25.7 Å². The first-order valence-corrected chi connectivity index (χ1v) is 10.4. The summed E-state index contributed by atoms with van der Waals surface area (Å²) in [5.41, 5.74) is 6.70. The van der Waals surface area contributed by atoms with Crippen molar-refractivity contribution in [2.45, 2.75) is 13.3 Å². The number of nitrogens with zero attached hydrogens (tertiary/aromatic N) is 4. The topological polar surface area (TPSA) is 72.2 Å². The summed E-state index contributed by atoms with van der Waals surface area (Å²) in [7, 11) is 0. The largest absolute Gasteiger partial charge is 0.326 e. The third kappa shape index (κ3) is 3.86. The highest BCUT2D eigenvalue weighted by Crippen LogP contribution is 2.28. The SMILES string of the molecule is Cc1ccc(NC(=O)Cc2nnc3c(-c4ccccc4)cnn3c2-c2ccccc2)cc1. The standard InChI is InChI=1S/C26H21N5O/c1-18-12-14-21(15-13-18)28-24(32)16-23-25(20-10-6-3-7-11-20)31-26(30-29-23)22(17-27-31)19-8-4-2-5-9-19/h2-15,17H,16H2,1H3,(H,28,32). The summed E-state index contributed by atoms with van der Waals surface area (Å²) in [6.45, 7) is 2.01. The van der Waals surface area contributed by atoms with Gasteiger partial charge in [0.2, 0.25) is 5.91 Å². The normalized spacial score (nSPS) is 10.9. The number of hydrogen-bond acceptors (Lipinski definition) is 4. The molecule has 32 heavy (non-hydrogen) atoms. The summed E-state index contributed by atoms with van der Waals surface area (Å²) in [5.74, 6) is -0.157. The van der Waals surface area contributed by atoms with Gasteiger partial charge in [-0.05, 0) is 24.6 Å². The molecular weight excluding hydrogens is 398 g/mol. The third-order valence-electron chi connectivity index (χ3n) is 5.29. The van der Waals surface area contributed by atoms with Gasteiger partial charge in [-0.25, -0.2) is 4.52 Å². The summed E-state index contributed by atoms with van der Waals surface area (Å²) in [6, 6.07) is 27.5. The summed E-state index contributed by atoms with van der Waals surface area (Å²) >= 11 is 0. The van der Waals surface area contributed by atoms with Crippen molar-refractivity contribution in [3.8, 4) is 22.4 Å². The van der Waals surface area contributed by atoms with E-state index in [1.54, 1.807) is 10.7 Å². The maximum Gasteiger partial charge on any atom is 0.230 e. The van der Waals surface area contributed by atoms with Crippen LogP contribution in [0.3, 0.4) is 0 Å². The molecule has 0 radical (unpaired) electrons. The van der Waals surface area contributed by atoms with Gasteiger partial charge in [-0.3, -0.25) is 4.79 Å². The number of rotatable bonds is 5. The second-order valence-corrected chi connectivity index (χ2v) is 7.61. The van der Waals surface area contributed by atoms with E-state index in [-0.39, 0.29) is 12.3 Å². The molecular formula is C26H21N5O. The minimum Gasteiger partial charge on any atom is -0.326 e. The highest BCUT2D eigenvalue weighted by Gasteiger charge is 2.19. The van der Waals surface area contributed by atoms with Gasteiger partial charge in [-0.2, -0.15) is 10.2 Å². The van der Waals surface area contributed by atoms with E-state index in [0.717, 1.165) is 33.6 Å². The molecule has 6 nitrogen and oxygen atoms in total. The fraction of sp³-hybridized carbons (Fsp3) is 0.0769. The van der Waals surface area contributed by atoms with Crippen molar-refractivity contribution in [1.29, 1.82) is 0 Å². The van der Waals surface area contributed by atoms with Crippen LogP contribution < -0.4 is 5.32 Å². The first-order chi connectivity index (χ1) is 15.7. The van der Waals surface area contributed by atoms with Crippen LogP contribution in [0.25, 0.3) is 28.0 Å². The van der Waals surface area contributed by atoms with E-state index in [2.05, 4.69) is 20.6 Å². The lowest BCUT2D eigenvalue weighted by Gasteiger charge is -2.11. The number of aryl methyl sites for hydroxylation is 1. The number of amides is 1.